The van der Waals surface area contributed by atoms with Crippen molar-refractivity contribution in [1.82, 2.24) is 0 Å². The maximum atomic E-state index is 13.9. The lowest BCUT2D eigenvalue weighted by Gasteiger charge is -2.27. The van der Waals surface area contributed by atoms with E-state index in [-0.39, 0.29) is 10.8 Å². The zero-order chi connectivity index (χ0) is 14.2. The lowest BCUT2D eigenvalue weighted by atomic mass is 9.80. The lowest BCUT2D eigenvalue weighted by molar-refractivity contribution is 0.263. The summed E-state index contributed by atoms with van der Waals surface area (Å²) in [5.74, 6) is 0.315. The molecule has 0 amide bonds. The van der Waals surface area contributed by atoms with Crippen molar-refractivity contribution in [3.05, 3.63) is 29.6 Å². The molecule has 0 spiro atoms. The number of benzene rings is 1. The van der Waals surface area contributed by atoms with Gasteiger partial charge in [0.05, 0.1) is 0 Å². The molecule has 0 bridgehead atoms. The number of halogens is 1. The maximum Gasteiger partial charge on any atom is 0.135 e. The van der Waals surface area contributed by atoms with E-state index in [9.17, 15) is 4.39 Å². The zero-order valence-corrected chi connectivity index (χ0v) is 12.6. The van der Waals surface area contributed by atoms with E-state index >= 15 is 0 Å². The van der Waals surface area contributed by atoms with Gasteiger partial charge < -0.3 is 10.6 Å². The molecule has 1 aromatic carbocycles. The first-order valence-corrected chi connectivity index (χ1v) is 7.04. The van der Waals surface area contributed by atoms with Gasteiger partial charge in [0.15, 0.2) is 0 Å². The van der Waals surface area contributed by atoms with Crippen LogP contribution in [-0.4, -0.2) is 18.1 Å². The van der Waals surface area contributed by atoms with Crippen molar-refractivity contribution in [1.29, 1.82) is 0 Å². The Morgan fingerprint density at radius 3 is 2.58 bits per heavy atom. The van der Waals surface area contributed by atoms with Crippen molar-refractivity contribution in [3.63, 3.8) is 0 Å². The molecule has 1 aliphatic heterocycles. The molecule has 1 atom stereocenters. The normalized spacial score (nSPS) is 19.8. The van der Waals surface area contributed by atoms with Crippen LogP contribution >= 0.6 is 12.2 Å². The van der Waals surface area contributed by atoms with Gasteiger partial charge in [-0.1, -0.05) is 33.0 Å². The van der Waals surface area contributed by atoms with Crippen LogP contribution in [0.15, 0.2) is 18.2 Å². The Kier molecular flexibility index (Phi) is 3.81. The number of thiocarbonyl (C=S) groups is 1. The fraction of sp³-hybridized carbons (Fsp3) is 0.533. The molecule has 104 valence electrons. The minimum atomic E-state index is -0.329. The zero-order valence-electron chi connectivity index (χ0n) is 11.7. The molecule has 2 N–H and O–H groups in total. The first-order chi connectivity index (χ1) is 8.79. The molecule has 1 fully saturated rings. The second-order valence-corrected chi connectivity index (χ2v) is 6.77. The van der Waals surface area contributed by atoms with Crippen molar-refractivity contribution in [2.24, 2.45) is 17.1 Å². The maximum absolute atomic E-state index is 13.9. The summed E-state index contributed by atoms with van der Waals surface area (Å²) in [7, 11) is 0. The molecule has 2 rings (SSSR count). The molecule has 1 aromatic rings. The van der Waals surface area contributed by atoms with E-state index in [1.54, 1.807) is 12.1 Å². The number of hydrogen-bond donors (Lipinski definition) is 1. The molecule has 1 heterocycles. The quantitative estimate of drug-likeness (QED) is 0.843. The molecular weight excluding hydrogens is 259 g/mol. The number of nitrogens with zero attached hydrogens (tertiary/aromatic N) is 1. The third kappa shape index (κ3) is 3.06. The van der Waals surface area contributed by atoms with Gasteiger partial charge in [-0.2, -0.15) is 0 Å². The number of nitrogens with two attached hydrogens (primary N) is 1. The molecular formula is C15H21FN2S. The Balaban J connectivity index is 2.16. The van der Waals surface area contributed by atoms with E-state index < -0.39 is 0 Å². The molecule has 4 heteroatoms. The van der Waals surface area contributed by atoms with Gasteiger partial charge in [-0.3, -0.25) is 0 Å². The monoisotopic (exact) mass is 280 g/mol. The average molecular weight is 280 g/mol. The molecule has 1 saturated heterocycles. The topological polar surface area (TPSA) is 29.3 Å². The van der Waals surface area contributed by atoms with Crippen LogP contribution in [0.3, 0.4) is 0 Å². The predicted molar refractivity (Wildman–Crippen MR) is 82.1 cm³/mol. The summed E-state index contributed by atoms with van der Waals surface area (Å²) in [5, 5.41) is 0. The third-order valence-electron chi connectivity index (χ3n) is 4.00. The minimum absolute atomic E-state index is 0.109. The van der Waals surface area contributed by atoms with E-state index in [0.717, 1.165) is 25.2 Å². The van der Waals surface area contributed by atoms with E-state index in [2.05, 4.69) is 25.7 Å². The lowest BCUT2D eigenvalue weighted by Crippen LogP contribution is -2.26. The highest BCUT2D eigenvalue weighted by atomic mass is 32.1. The van der Waals surface area contributed by atoms with E-state index in [1.807, 2.05) is 6.07 Å². The van der Waals surface area contributed by atoms with E-state index in [1.165, 1.54) is 0 Å². The fourth-order valence-corrected chi connectivity index (χ4v) is 2.77. The molecule has 0 radical (unpaired) electrons. The highest BCUT2D eigenvalue weighted by Gasteiger charge is 2.32. The van der Waals surface area contributed by atoms with Crippen LogP contribution in [0.25, 0.3) is 0 Å². The van der Waals surface area contributed by atoms with Gasteiger partial charge >= 0.3 is 0 Å². The van der Waals surface area contributed by atoms with Crippen LogP contribution in [0.4, 0.5) is 10.1 Å². The highest BCUT2D eigenvalue weighted by molar-refractivity contribution is 7.80. The van der Waals surface area contributed by atoms with Gasteiger partial charge in [-0.05, 0) is 36.0 Å². The largest absolute Gasteiger partial charge is 0.389 e. The predicted octanol–water partition coefficient (Wildman–Crippen LogP) is 3.33. The Bertz CT molecular complexity index is 493. The Morgan fingerprint density at radius 1 is 1.42 bits per heavy atom. The summed E-state index contributed by atoms with van der Waals surface area (Å²) < 4.78 is 13.9. The van der Waals surface area contributed by atoms with Crippen molar-refractivity contribution >= 4 is 22.9 Å². The Hall–Kier alpha value is -1.16. The second kappa shape index (κ2) is 5.08. The average Bonchev–Trinajstić information content (AvgIpc) is 2.76. The molecule has 1 unspecified atom stereocenters. The second-order valence-electron chi connectivity index (χ2n) is 6.33. The molecule has 0 aliphatic carbocycles. The first kappa shape index (κ1) is 14.3. The molecule has 0 aromatic heterocycles. The first-order valence-electron chi connectivity index (χ1n) is 6.63. The van der Waals surface area contributed by atoms with Gasteiger partial charge in [-0.25, -0.2) is 4.39 Å². The fourth-order valence-electron chi connectivity index (χ4n) is 2.60. The molecule has 1 aliphatic rings. The number of hydrogen-bond acceptors (Lipinski definition) is 2. The van der Waals surface area contributed by atoms with Crippen LogP contribution in [0, 0.1) is 17.2 Å². The van der Waals surface area contributed by atoms with Gasteiger partial charge in [0.25, 0.3) is 0 Å². The van der Waals surface area contributed by atoms with Gasteiger partial charge in [-0.15, -0.1) is 0 Å². The van der Waals surface area contributed by atoms with Crippen molar-refractivity contribution in [2.75, 3.05) is 18.0 Å². The number of anilines is 1. The van der Waals surface area contributed by atoms with Gasteiger partial charge in [0.2, 0.25) is 0 Å². The SMILES string of the molecule is CC(C)(C)C1CCN(c2ccc(C(N)=S)c(F)c2)C1. The summed E-state index contributed by atoms with van der Waals surface area (Å²) >= 11 is 4.82. The summed E-state index contributed by atoms with van der Waals surface area (Å²) in [6.45, 7) is 8.75. The van der Waals surface area contributed by atoms with Crippen molar-refractivity contribution < 1.29 is 4.39 Å². The van der Waals surface area contributed by atoms with Crippen LogP contribution in [-0.2, 0) is 0 Å². The number of rotatable bonds is 2. The summed E-state index contributed by atoms with van der Waals surface area (Å²) in [6, 6.07) is 5.12. The summed E-state index contributed by atoms with van der Waals surface area (Å²) in [5.41, 5.74) is 7.02. The smallest absolute Gasteiger partial charge is 0.135 e. The van der Waals surface area contributed by atoms with Crippen LogP contribution in [0.5, 0.6) is 0 Å². The van der Waals surface area contributed by atoms with Crippen molar-refractivity contribution in [3.8, 4) is 0 Å². The Labute approximate surface area is 119 Å². The molecule has 0 saturated carbocycles. The van der Waals surface area contributed by atoms with Crippen molar-refractivity contribution in [2.45, 2.75) is 27.2 Å². The highest BCUT2D eigenvalue weighted by Crippen LogP contribution is 2.35. The van der Waals surface area contributed by atoms with E-state index in [0.29, 0.717) is 16.9 Å². The third-order valence-corrected chi connectivity index (χ3v) is 4.22. The van der Waals surface area contributed by atoms with Gasteiger partial charge in [0, 0.05) is 24.3 Å². The molecule has 19 heavy (non-hydrogen) atoms. The summed E-state index contributed by atoms with van der Waals surface area (Å²) in [6.07, 6.45) is 1.15. The molecule has 2 nitrogen and oxygen atoms in total. The van der Waals surface area contributed by atoms with E-state index in [4.69, 9.17) is 18.0 Å². The van der Waals surface area contributed by atoms with Crippen LogP contribution in [0.1, 0.15) is 32.8 Å². The summed E-state index contributed by atoms with van der Waals surface area (Å²) in [4.78, 5) is 2.35. The van der Waals surface area contributed by atoms with Gasteiger partial charge in [0.1, 0.15) is 10.8 Å². The minimum Gasteiger partial charge on any atom is -0.389 e. The van der Waals surface area contributed by atoms with Crippen LogP contribution in [0.2, 0.25) is 0 Å². The van der Waals surface area contributed by atoms with Crippen LogP contribution < -0.4 is 10.6 Å². The standard InChI is InChI=1S/C15H21FN2S/c1-15(2,3)10-6-7-18(9-10)11-4-5-12(14(17)19)13(16)8-11/h4-5,8,10H,6-7,9H2,1-3H3,(H2,17,19). The Morgan fingerprint density at radius 2 is 2.11 bits per heavy atom.